The Balaban J connectivity index is 1.76. The number of benzene rings is 2. The molecule has 0 bridgehead atoms. The first-order valence-corrected chi connectivity index (χ1v) is 9.06. The lowest BCUT2D eigenvalue weighted by molar-refractivity contribution is -0.127. The molecule has 3 rings (SSSR count). The van der Waals surface area contributed by atoms with Crippen LogP contribution < -0.4 is 0 Å². The molecule has 25 heavy (non-hydrogen) atoms. The van der Waals surface area contributed by atoms with E-state index in [1.165, 1.54) is 5.56 Å². The van der Waals surface area contributed by atoms with Crippen LogP contribution in [0.25, 0.3) is 0 Å². The fourth-order valence-electron chi connectivity index (χ4n) is 3.67. The third-order valence-corrected chi connectivity index (χ3v) is 5.35. The monoisotopic (exact) mass is 338 g/mol. The van der Waals surface area contributed by atoms with E-state index in [0.29, 0.717) is 6.42 Å². The van der Waals surface area contributed by atoms with Crippen LogP contribution in [-0.4, -0.2) is 11.5 Å². The van der Waals surface area contributed by atoms with Crippen molar-refractivity contribution in [2.75, 3.05) is 0 Å². The van der Waals surface area contributed by atoms with Crippen molar-refractivity contribution in [3.05, 3.63) is 70.8 Å². The Morgan fingerprint density at radius 1 is 1.04 bits per heavy atom. The van der Waals surface area contributed by atoms with Gasteiger partial charge in [0.15, 0.2) is 11.5 Å². The summed E-state index contributed by atoms with van der Waals surface area (Å²) in [5, 5.41) is 0. The Bertz CT molecular complexity index is 752. The van der Waals surface area contributed by atoms with E-state index in [9.17, 15) is 4.79 Å². The molecule has 2 aromatic carbocycles. The number of ketones is 1. The quantitative estimate of drug-likeness (QED) is 0.702. The van der Waals surface area contributed by atoms with Gasteiger partial charge in [0.25, 0.3) is 0 Å². The topological polar surface area (TPSA) is 17.1 Å². The van der Waals surface area contributed by atoms with Gasteiger partial charge in [-0.2, -0.15) is 0 Å². The second-order valence-electron chi connectivity index (χ2n) is 8.53. The highest BCUT2D eigenvalue weighted by Crippen LogP contribution is 2.43. The SMILES string of the molecule is Cc1ccc(CC2(F)CC(c3ccc(C(C)(C)C)cc3)CC2=O)cc1. The van der Waals surface area contributed by atoms with E-state index in [4.69, 9.17) is 0 Å². The minimum absolute atomic E-state index is 0.0167. The first-order valence-electron chi connectivity index (χ1n) is 9.06. The van der Waals surface area contributed by atoms with Gasteiger partial charge in [0.1, 0.15) is 0 Å². The number of aryl methyl sites for hydroxylation is 1. The molecular weight excluding hydrogens is 311 g/mol. The Labute approximate surface area is 150 Å². The lowest BCUT2D eigenvalue weighted by Gasteiger charge is -2.21. The summed E-state index contributed by atoms with van der Waals surface area (Å²) in [4.78, 5) is 12.4. The average Bonchev–Trinajstić information content (AvgIpc) is 2.84. The smallest absolute Gasteiger partial charge is 0.173 e. The van der Waals surface area contributed by atoms with Crippen LogP contribution in [0, 0.1) is 6.92 Å². The van der Waals surface area contributed by atoms with Gasteiger partial charge in [-0.1, -0.05) is 74.9 Å². The zero-order valence-electron chi connectivity index (χ0n) is 15.6. The fourth-order valence-corrected chi connectivity index (χ4v) is 3.67. The molecule has 2 atom stereocenters. The molecule has 0 saturated heterocycles. The molecule has 1 aliphatic rings. The van der Waals surface area contributed by atoms with E-state index < -0.39 is 5.67 Å². The fraction of sp³-hybridized carbons (Fsp3) is 0.435. The van der Waals surface area contributed by atoms with E-state index in [2.05, 4.69) is 45.0 Å². The molecule has 0 spiro atoms. The third kappa shape index (κ3) is 3.84. The lowest BCUT2D eigenvalue weighted by Crippen LogP contribution is -2.30. The van der Waals surface area contributed by atoms with Crippen molar-refractivity contribution in [1.29, 1.82) is 0 Å². The van der Waals surface area contributed by atoms with Crippen molar-refractivity contribution >= 4 is 5.78 Å². The zero-order valence-corrected chi connectivity index (χ0v) is 15.6. The second kappa shape index (κ2) is 6.40. The van der Waals surface area contributed by atoms with Crippen LogP contribution in [0.1, 0.15) is 61.8 Å². The number of hydrogen-bond acceptors (Lipinski definition) is 1. The summed E-state index contributed by atoms with van der Waals surface area (Å²) in [5.74, 6) is -0.269. The van der Waals surface area contributed by atoms with E-state index in [-0.39, 0.29) is 30.0 Å². The van der Waals surface area contributed by atoms with Crippen molar-refractivity contribution in [1.82, 2.24) is 0 Å². The van der Waals surface area contributed by atoms with E-state index >= 15 is 4.39 Å². The van der Waals surface area contributed by atoms with Gasteiger partial charge in [-0.05, 0) is 41.4 Å². The summed E-state index contributed by atoms with van der Waals surface area (Å²) >= 11 is 0. The second-order valence-corrected chi connectivity index (χ2v) is 8.53. The van der Waals surface area contributed by atoms with Crippen molar-refractivity contribution in [3.8, 4) is 0 Å². The number of Topliss-reactive ketones (excluding diaryl/α,β-unsaturated/α-hetero) is 1. The van der Waals surface area contributed by atoms with Gasteiger partial charge in [-0.25, -0.2) is 4.39 Å². The first kappa shape index (κ1) is 17.8. The summed E-state index contributed by atoms with van der Waals surface area (Å²) < 4.78 is 15.3. The van der Waals surface area contributed by atoms with Gasteiger partial charge >= 0.3 is 0 Å². The molecule has 0 aliphatic heterocycles. The zero-order chi connectivity index (χ0) is 18.2. The van der Waals surface area contributed by atoms with Crippen molar-refractivity contribution in [2.45, 2.75) is 64.0 Å². The number of carbonyl (C=O) groups excluding carboxylic acids is 1. The minimum Gasteiger partial charge on any atom is -0.296 e. The highest BCUT2D eigenvalue weighted by atomic mass is 19.1. The summed E-state index contributed by atoms with van der Waals surface area (Å²) in [6, 6.07) is 16.1. The molecule has 1 nitrogen and oxygen atoms in total. The van der Waals surface area contributed by atoms with Gasteiger partial charge < -0.3 is 0 Å². The molecule has 0 radical (unpaired) electrons. The highest BCUT2D eigenvalue weighted by molar-refractivity contribution is 5.90. The van der Waals surface area contributed by atoms with Crippen LogP contribution in [0.2, 0.25) is 0 Å². The molecule has 1 aliphatic carbocycles. The lowest BCUT2D eigenvalue weighted by atomic mass is 9.85. The molecule has 1 saturated carbocycles. The predicted molar refractivity (Wildman–Crippen MR) is 101 cm³/mol. The summed E-state index contributed by atoms with van der Waals surface area (Å²) in [6.45, 7) is 8.53. The van der Waals surface area contributed by atoms with E-state index in [0.717, 1.165) is 16.7 Å². The standard InChI is InChI=1S/C23H27FO/c1-16-5-7-17(8-6-16)14-23(24)15-19(13-21(23)25)18-9-11-20(12-10-18)22(2,3)4/h5-12,19H,13-15H2,1-4H3. The van der Waals surface area contributed by atoms with E-state index in [1.54, 1.807) is 0 Å². The number of alkyl halides is 1. The number of halogens is 1. The molecule has 0 N–H and O–H groups in total. The maximum atomic E-state index is 15.3. The Hall–Kier alpha value is -1.96. The Morgan fingerprint density at radius 2 is 1.64 bits per heavy atom. The molecule has 2 aromatic rings. The summed E-state index contributed by atoms with van der Waals surface area (Å²) in [6.07, 6.45) is 0.772. The molecule has 2 unspecified atom stereocenters. The van der Waals surface area contributed by atoms with Gasteiger partial charge in [-0.3, -0.25) is 4.79 Å². The van der Waals surface area contributed by atoms with Crippen LogP contribution in [-0.2, 0) is 16.6 Å². The predicted octanol–water partition coefficient (Wildman–Crippen LogP) is 5.69. The number of carbonyl (C=O) groups is 1. The third-order valence-electron chi connectivity index (χ3n) is 5.35. The van der Waals surface area contributed by atoms with Crippen LogP contribution in [0.15, 0.2) is 48.5 Å². The normalized spacial score (nSPS) is 23.9. The molecule has 1 fully saturated rings. The Morgan fingerprint density at radius 3 is 2.20 bits per heavy atom. The van der Waals surface area contributed by atoms with Crippen molar-refractivity contribution < 1.29 is 9.18 Å². The average molecular weight is 338 g/mol. The maximum absolute atomic E-state index is 15.3. The summed E-state index contributed by atoms with van der Waals surface area (Å²) in [5.41, 5.74) is 2.73. The van der Waals surface area contributed by atoms with Gasteiger partial charge in [0, 0.05) is 12.8 Å². The summed E-state index contributed by atoms with van der Waals surface area (Å²) in [7, 11) is 0. The van der Waals surface area contributed by atoms with Gasteiger partial charge in [0.05, 0.1) is 0 Å². The number of rotatable bonds is 3. The molecule has 0 aromatic heterocycles. The van der Waals surface area contributed by atoms with Crippen LogP contribution in [0.4, 0.5) is 4.39 Å². The largest absolute Gasteiger partial charge is 0.296 e. The van der Waals surface area contributed by atoms with E-state index in [1.807, 2.05) is 31.2 Å². The van der Waals surface area contributed by atoms with Crippen LogP contribution in [0.5, 0.6) is 0 Å². The van der Waals surface area contributed by atoms with Gasteiger partial charge in [-0.15, -0.1) is 0 Å². The highest BCUT2D eigenvalue weighted by Gasteiger charge is 2.47. The molecule has 0 amide bonds. The molecule has 132 valence electrons. The molecule has 2 heteroatoms. The van der Waals surface area contributed by atoms with Crippen LogP contribution >= 0.6 is 0 Å². The van der Waals surface area contributed by atoms with Gasteiger partial charge in [0.2, 0.25) is 0 Å². The minimum atomic E-state index is -1.73. The van der Waals surface area contributed by atoms with Crippen LogP contribution in [0.3, 0.4) is 0 Å². The first-order chi connectivity index (χ1) is 11.7. The van der Waals surface area contributed by atoms with Crippen molar-refractivity contribution in [3.63, 3.8) is 0 Å². The van der Waals surface area contributed by atoms with Crippen molar-refractivity contribution in [2.24, 2.45) is 0 Å². The maximum Gasteiger partial charge on any atom is 0.173 e. The molecule has 0 heterocycles. The molecular formula is C23H27FO. The Kier molecular flexibility index (Phi) is 4.57. The number of hydrogen-bond donors (Lipinski definition) is 0.